The van der Waals surface area contributed by atoms with Crippen molar-refractivity contribution in [3.63, 3.8) is 0 Å². The van der Waals surface area contributed by atoms with Gasteiger partial charge >= 0.3 is 0 Å². The van der Waals surface area contributed by atoms with Gasteiger partial charge in [-0.2, -0.15) is 0 Å². The van der Waals surface area contributed by atoms with Crippen LogP contribution in [0.4, 0.5) is 5.69 Å². The van der Waals surface area contributed by atoms with Gasteiger partial charge in [0.15, 0.2) is 11.5 Å². The van der Waals surface area contributed by atoms with Crippen LogP contribution >= 0.6 is 0 Å². The van der Waals surface area contributed by atoms with Crippen molar-refractivity contribution in [3.05, 3.63) is 28.3 Å². The molecule has 1 aromatic carbocycles. The molecule has 0 saturated heterocycles. The summed E-state index contributed by atoms with van der Waals surface area (Å²) in [5, 5.41) is 13.9. The van der Waals surface area contributed by atoms with Gasteiger partial charge in [-0.25, -0.2) is 0 Å². The lowest BCUT2D eigenvalue weighted by Crippen LogP contribution is -2.45. The molecule has 0 amide bonds. The number of non-ortho nitro benzene ring substituents is 1. The van der Waals surface area contributed by atoms with E-state index in [-0.39, 0.29) is 11.8 Å². The van der Waals surface area contributed by atoms with Crippen molar-refractivity contribution < 1.29 is 14.4 Å². The summed E-state index contributed by atoms with van der Waals surface area (Å²) in [7, 11) is 3.43. The molecular formula is C12H16N2O4. The molecular weight excluding hydrogens is 236 g/mol. The maximum absolute atomic E-state index is 10.7. The fourth-order valence-electron chi connectivity index (χ4n) is 1.95. The standard InChI is InChI=1S/C12H16N2O4/c1-13-8-5-10(6-8)18-12-7-9(14(15)16)3-4-11(12)17-2/h3-4,7-8,10,13H,5-6H2,1-2H3. The van der Waals surface area contributed by atoms with E-state index in [0.717, 1.165) is 12.8 Å². The number of hydrogen-bond donors (Lipinski definition) is 1. The summed E-state index contributed by atoms with van der Waals surface area (Å²) >= 11 is 0. The monoisotopic (exact) mass is 252 g/mol. The van der Waals surface area contributed by atoms with Gasteiger partial charge in [0.25, 0.3) is 5.69 Å². The Morgan fingerprint density at radius 3 is 2.67 bits per heavy atom. The Kier molecular flexibility index (Phi) is 3.66. The van der Waals surface area contributed by atoms with Crippen LogP contribution < -0.4 is 14.8 Å². The maximum atomic E-state index is 10.7. The molecule has 1 aliphatic rings. The van der Waals surface area contributed by atoms with Crippen LogP contribution in [0.5, 0.6) is 11.5 Å². The van der Waals surface area contributed by atoms with Gasteiger partial charge in [-0.15, -0.1) is 0 Å². The quantitative estimate of drug-likeness (QED) is 0.638. The van der Waals surface area contributed by atoms with Gasteiger partial charge in [-0.1, -0.05) is 0 Å². The minimum Gasteiger partial charge on any atom is -0.493 e. The van der Waals surface area contributed by atoms with Gasteiger partial charge < -0.3 is 14.8 Å². The number of ether oxygens (including phenoxy) is 2. The summed E-state index contributed by atoms with van der Waals surface area (Å²) in [6.45, 7) is 0. The summed E-state index contributed by atoms with van der Waals surface area (Å²) < 4.78 is 10.9. The van der Waals surface area contributed by atoms with Crippen molar-refractivity contribution in [3.8, 4) is 11.5 Å². The average Bonchev–Trinajstić information content (AvgIpc) is 2.32. The van der Waals surface area contributed by atoms with Crippen LogP contribution in [0, 0.1) is 10.1 Å². The zero-order valence-electron chi connectivity index (χ0n) is 10.4. The van der Waals surface area contributed by atoms with Crippen LogP contribution in [-0.4, -0.2) is 31.2 Å². The molecule has 1 N–H and O–H groups in total. The van der Waals surface area contributed by atoms with Gasteiger partial charge in [0.05, 0.1) is 18.1 Å². The Morgan fingerprint density at radius 1 is 1.39 bits per heavy atom. The van der Waals surface area contributed by atoms with E-state index in [9.17, 15) is 10.1 Å². The maximum Gasteiger partial charge on any atom is 0.273 e. The normalized spacial score (nSPS) is 22.1. The number of hydrogen-bond acceptors (Lipinski definition) is 5. The molecule has 0 radical (unpaired) electrons. The summed E-state index contributed by atoms with van der Waals surface area (Å²) in [5.41, 5.74) is 0.00953. The Balaban J connectivity index is 2.10. The van der Waals surface area contributed by atoms with Crippen LogP contribution in [0.3, 0.4) is 0 Å². The van der Waals surface area contributed by atoms with Crippen LogP contribution in [-0.2, 0) is 0 Å². The van der Waals surface area contributed by atoms with E-state index in [1.165, 1.54) is 19.2 Å². The van der Waals surface area contributed by atoms with Crippen molar-refractivity contribution in [2.24, 2.45) is 0 Å². The van der Waals surface area contributed by atoms with E-state index >= 15 is 0 Å². The Labute approximate surface area is 105 Å². The van der Waals surface area contributed by atoms with Gasteiger partial charge in [0.1, 0.15) is 6.10 Å². The molecule has 98 valence electrons. The fraction of sp³-hybridized carbons (Fsp3) is 0.500. The van der Waals surface area contributed by atoms with Gasteiger partial charge in [0, 0.05) is 12.1 Å². The molecule has 0 aromatic heterocycles. The molecule has 1 fully saturated rings. The van der Waals surface area contributed by atoms with Crippen LogP contribution in [0.15, 0.2) is 18.2 Å². The number of nitrogens with one attached hydrogen (secondary N) is 1. The molecule has 0 heterocycles. The number of rotatable bonds is 5. The van der Waals surface area contributed by atoms with Crippen LogP contribution in [0.25, 0.3) is 0 Å². The van der Waals surface area contributed by atoms with Crippen LogP contribution in [0.1, 0.15) is 12.8 Å². The summed E-state index contributed by atoms with van der Waals surface area (Å²) in [6.07, 6.45) is 1.91. The first-order valence-corrected chi connectivity index (χ1v) is 5.80. The molecule has 0 aliphatic heterocycles. The van der Waals surface area contributed by atoms with E-state index in [4.69, 9.17) is 9.47 Å². The van der Waals surface area contributed by atoms with E-state index in [1.807, 2.05) is 7.05 Å². The summed E-state index contributed by atoms with van der Waals surface area (Å²) in [6, 6.07) is 4.84. The second-order valence-electron chi connectivity index (χ2n) is 4.29. The smallest absolute Gasteiger partial charge is 0.273 e. The van der Waals surface area contributed by atoms with E-state index in [2.05, 4.69) is 5.32 Å². The van der Waals surface area contributed by atoms with Crippen molar-refractivity contribution in [2.75, 3.05) is 14.2 Å². The predicted molar refractivity (Wildman–Crippen MR) is 66.1 cm³/mol. The summed E-state index contributed by atoms with van der Waals surface area (Å²) in [4.78, 5) is 10.3. The van der Waals surface area contributed by atoms with E-state index < -0.39 is 4.92 Å². The molecule has 0 atom stereocenters. The highest BCUT2D eigenvalue weighted by Crippen LogP contribution is 2.35. The number of nitro groups is 1. The van der Waals surface area contributed by atoms with Gasteiger partial charge in [-0.05, 0) is 26.0 Å². The number of methoxy groups -OCH3 is 1. The third-order valence-electron chi connectivity index (χ3n) is 3.15. The average molecular weight is 252 g/mol. The Bertz CT molecular complexity index is 444. The first kappa shape index (κ1) is 12.6. The molecule has 1 saturated carbocycles. The van der Waals surface area contributed by atoms with Crippen molar-refractivity contribution in [2.45, 2.75) is 25.0 Å². The lowest BCUT2D eigenvalue weighted by Gasteiger charge is -2.35. The molecule has 18 heavy (non-hydrogen) atoms. The molecule has 0 spiro atoms. The van der Waals surface area contributed by atoms with Gasteiger partial charge in [0.2, 0.25) is 0 Å². The highest BCUT2D eigenvalue weighted by atomic mass is 16.6. The molecule has 0 bridgehead atoms. The minimum atomic E-state index is -0.441. The minimum absolute atomic E-state index is 0.00953. The predicted octanol–water partition coefficient (Wildman–Crippen LogP) is 1.73. The van der Waals surface area contributed by atoms with E-state index in [1.54, 1.807) is 6.07 Å². The molecule has 1 aliphatic carbocycles. The van der Waals surface area contributed by atoms with E-state index in [0.29, 0.717) is 17.5 Å². The van der Waals surface area contributed by atoms with Gasteiger partial charge in [-0.3, -0.25) is 10.1 Å². The number of nitro benzene ring substituents is 1. The third-order valence-corrected chi connectivity index (χ3v) is 3.15. The molecule has 6 heteroatoms. The number of nitrogens with zero attached hydrogens (tertiary/aromatic N) is 1. The van der Waals surface area contributed by atoms with Crippen molar-refractivity contribution in [1.29, 1.82) is 0 Å². The first-order valence-electron chi connectivity index (χ1n) is 5.80. The largest absolute Gasteiger partial charge is 0.493 e. The SMILES string of the molecule is CNC1CC(Oc2cc([N+](=O)[O-])ccc2OC)C1. The Morgan fingerprint density at radius 2 is 2.11 bits per heavy atom. The molecule has 2 rings (SSSR count). The topological polar surface area (TPSA) is 73.6 Å². The third kappa shape index (κ3) is 2.53. The Hall–Kier alpha value is -1.82. The zero-order chi connectivity index (χ0) is 13.1. The van der Waals surface area contributed by atoms with Crippen molar-refractivity contribution >= 4 is 5.69 Å². The highest BCUT2D eigenvalue weighted by Gasteiger charge is 2.30. The molecule has 6 nitrogen and oxygen atoms in total. The lowest BCUT2D eigenvalue weighted by atomic mass is 9.89. The molecule has 0 unspecified atom stereocenters. The fourth-order valence-corrected chi connectivity index (χ4v) is 1.95. The second kappa shape index (κ2) is 5.22. The highest BCUT2D eigenvalue weighted by molar-refractivity contribution is 5.48. The second-order valence-corrected chi connectivity index (χ2v) is 4.29. The van der Waals surface area contributed by atoms with Crippen molar-refractivity contribution in [1.82, 2.24) is 5.32 Å². The number of benzene rings is 1. The zero-order valence-corrected chi connectivity index (χ0v) is 10.4. The van der Waals surface area contributed by atoms with Crippen LogP contribution in [0.2, 0.25) is 0 Å². The lowest BCUT2D eigenvalue weighted by molar-refractivity contribution is -0.385. The molecule has 1 aromatic rings. The summed E-state index contributed by atoms with van der Waals surface area (Å²) in [5.74, 6) is 0.958. The first-order chi connectivity index (χ1) is 8.63.